The number of primary amides is 1. The first-order valence-electron chi connectivity index (χ1n) is 5.31. The summed E-state index contributed by atoms with van der Waals surface area (Å²) < 4.78 is 5.96. The van der Waals surface area contributed by atoms with Crippen LogP contribution in [0.1, 0.15) is 20.8 Å². The molecule has 0 spiro atoms. The Bertz CT molecular complexity index is 673. The molecule has 7 nitrogen and oxygen atoms in total. The molecule has 0 aliphatic carbocycles. The molecule has 0 aliphatic heterocycles. The van der Waals surface area contributed by atoms with Crippen molar-refractivity contribution >= 4 is 27.8 Å². The van der Waals surface area contributed by atoms with E-state index >= 15 is 0 Å². The van der Waals surface area contributed by atoms with Crippen LogP contribution in [0.3, 0.4) is 0 Å². The Balaban J connectivity index is 2.27. The van der Waals surface area contributed by atoms with Gasteiger partial charge < -0.3 is 15.6 Å². The molecule has 0 bridgehead atoms. The average Bonchev–Trinajstić information content (AvgIpc) is 2.41. The third-order valence-electron chi connectivity index (χ3n) is 2.29. The van der Waals surface area contributed by atoms with Crippen LogP contribution in [0.4, 0.5) is 0 Å². The Morgan fingerprint density at radius 3 is 2.50 bits per heavy atom. The maximum absolute atomic E-state index is 10.9. The third kappa shape index (κ3) is 3.09. The number of carbonyl (C=O) groups excluding carboxylic acids is 1. The summed E-state index contributed by atoms with van der Waals surface area (Å²) >= 11 is 3.23. The maximum atomic E-state index is 10.9. The van der Waals surface area contributed by atoms with E-state index in [0.29, 0.717) is 4.47 Å². The van der Waals surface area contributed by atoms with Crippen molar-refractivity contribution in [2.45, 2.75) is 0 Å². The number of benzene rings is 1. The number of amides is 1. The van der Waals surface area contributed by atoms with E-state index in [-0.39, 0.29) is 22.9 Å². The van der Waals surface area contributed by atoms with Gasteiger partial charge in [0.2, 0.25) is 5.88 Å². The SMILES string of the molecule is NC(=O)c1ccc(Oc2cc(C(=O)O)ccc2Br)nn1. The van der Waals surface area contributed by atoms with Crippen molar-refractivity contribution in [1.29, 1.82) is 0 Å². The van der Waals surface area contributed by atoms with Crippen LogP contribution in [0.25, 0.3) is 0 Å². The smallest absolute Gasteiger partial charge is 0.335 e. The van der Waals surface area contributed by atoms with Gasteiger partial charge in [-0.3, -0.25) is 4.79 Å². The average molecular weight is 338 g/mol. The van der Waals surface area contributed by atoms with Gasteiger partial charge in [0.15, 0.2) is 5.69 Å². The van der Waals surface area contributed by atoms with Gasteiger partial charge in [-0.1, -0.05) is 0 Å². The fourth-order valence-corrected chi connectivity index (χ4v) is 1.66. The minimum Gasteiger partial charge on any atom is -0.478 e. The summed E-state index contributed by atoms with van der Waals surface area (Å²) in [6.45, 7) is 0. The molecule has 20 heavy (non-hydrogen) atoms. The molecule has 1 aromatic carbocycles. The zero-order valence-electron chi connectivity index (χ0n) is 9.91. The topological polar surface area (TPSA) is 115 Å². The number of carboxylic acid groups (broad SMARTS) is 1. The predicted octanol–water partition coefficient (Wildman–Crippen LogP) is 1.83. The molecule has 0 saturated heterocycles. The van der Waals surface area contributed by atoms with Crippen molar-refractivity contribution < 1.29 is 19.4 Å². The van der Waals surface area contributed by atoms with Crippen molar-refractivity contribution in [2.75, 3.05) is 0 Å². The number of carboxylic acids is 1. The molecule has 0 saturated carbocycles. The van der Waals surface area contributed by atoms with Gasteiger partial charge in [-0.05, 0) is 40.2 Å². The van der Waals surface area contributed by atoms with Crippen LogP contribution in [0.2, 0.25) is 0 Å². The van der Waals surface area contributed by atoms with Gasteiger partial charge in [0, 0.05) is 6.07 Å². The van der Waals surface area contributed by atoms with Crippen LogP contribution in [0, 0.1) is 0 Å². The summed E-state index contributed by atoms with van der Waals surface area (Å²) in [6, 6.07) is 7.09. The number of hydrogen-bond donors (Lipinski definition) is 2. The monoisotopic (exact) mass is 337 g/mol. The van der Waals surface area contributed by atoms with Crippen molar-refractivity contribution in [1.82, 2.24) is 10.2 Å². The minimum absolute atomic E-state index is 0.00991. The summed E-state index contributed by atoms with van der Waals surface area (Å²) in [6.07, 6.45) is 0. The largest absolute Gasteiger partial charge is 0.478 e. The molecule has 0 fully saturated rings. The zero-order chi connectivity index (χ0) is 14.7. The van der Waals surface area contributed by atoms with Crippen LogP contribution in [-0.4, -0.2) is 27.2 Å². The van der Waals surface area contributed by atoms with E-state index in [0.717, 1.165) is 0 Å². The van der Waals surface area contributed by atoms with Crippen molar-refractivity contribution in [3.63, 3.8) is 0 Å². The lowest BCUT2D eigenvalue weighted by atomic mass is 10.2. The quantitative estimate of drug-likeness (QED) is 0.879. The molecule has 0 unspecified atom stereocenters. The molecule has 1 amide bonds. The first kappa shape index (κ1) is 13.9. The van der Waals surface area contributed by atoms with Crippen molar-refractivity contribution in [2.24, 2.45) is 5.73 Å². The third-order valence-corrected chi connectivity index (χ3v) is 2.94. The molecule has 2 rings (SSSR count). The minimum atomic E-state index is -1.07. The lowest BCUT2D eigenvalue weighted by Gasteiger charge is -2.07. The van der Waals surface area contributed by atoms with E-state index in [2.05, 4.69) is 26.1 Å². The normalized spacial score (nSPS) is 10.1. The second-order valence-corrected chi connectivity index (χ2v) is 4.53. The molecule has 1 heterocycles. The molecule has 8 heteroatoms. The Hall–Kier alpha value is -2.48. The highest BCUT2D eigenvalue weighted by Gasteiger charge is 2.10. The number of nitrogens with zero attached hydrogens (tertiary/aromatic N) is 2. The van der Waals surface area contributed by atoms with E-state index in [1.165, 1.54) is 24.3 Å². The molecule has 0 radical (unpaired) electrons. The highest BCUT2D eigenvalue weighted by Crippen LogP contribution is 2.29. The Morgan fingerprint density at radius 1 is 1.20 bits per heavy atom. The molecule has 0 aliphatic rings. The number of nitrogens with two attached hydrogens (primary N) is 1. The first-order chi connectivity index (χ1) is 9.47. The van der Waals surface area contributed by atoms with E-state index in [1.807, 2.05) is 0 Å². The molecule has 102 valence electrons. The Labute approximate surface area is 121 Å². The van der Waals surface area contributed by atoms with Gasteiger partial charge in [0.05, 0.1) is 10.0 Å². The summed E-state index contributed by atoms with van der Waals surface area (Å²) in [4.78, 5) is 21.7. The second-order valence-electron chi connectivity index (χ2n) is 3.67. The zero-order valence-corrected chi connectivity index (χ0v) is 11.5. The van der Waals surface area contributed by atoms with E-state index in [1.54, 1.807) is 6.07 Å². The number of halogens is 1. The van der Waals surface area contributed by atoms with Gasteiger partial charge in [-0.15, -0.1) is 10.2 Å². The molecule has 0 atom stereocenters. The first-order valence-corrected chi connectivity index (χ1v) is 6.11. The van der Waals surface area contributed by atoms with Crippen LogP contribution in [0.5, 0.6) is 11.6 Å². The predicted molar refractivity (Wildman–Crippen MR) is 71.7 cm³/mol. The van der Waals surface area contributed by atoms with E-state index < -0.39 is 11.9 Å². The van der Waals surface area contributed by atoms with Gasteiger partial charge >= 0.3 is 5.97 Å². The van der Waals surface area contributed by atoms with Gasteiger partial charge in [0.1, 0.15) is 5.75 Å². The van der Waals surface area contributed by atoms with Crippen LogP contribution < -0.4 is 10.5 Å². The summed E-state index contributed by atoms with van der Waals surface area (Å²) in [5.74, 6) is -1.39. The number of ether oxygens (including phenoxy) is 1. The highest BCUT2D eigenvalue weighted by atomic mass is 79.9. The molecule has 3 N–H and O–H groups in total. The summed E-state index contributed by atoms with van der Waals surface area (Å²) in [7, 11) is 0. The molecule has 2 aromatic rings. The van der Waals surface area contributed by atoms with Crippen molar-refractivity contribution in [3.8, 4) is 11.6 Å². The van der Waals surface area contributed by atoms with Gasteiger partial charge in [0.25, 0.3) is 5.91 Å². The van der Waals surface area contributed by atoms with E-state index in [9.17, 15) is 9.59 Å². The Morgan fingerprint density at radius 2 is 1.95 bits per heavy atom. The summed E-state index contributed by atoms with van der Waals surface area (Å²) in [5, 5.41) is 16.2. The van der Waals surface area contributed by atoms with Crippen LogP contribution in [-0.2, 0) is 0 Å². The maximum Gasteiger partial charge on any atom is 0.335 e. The lowest BCUT2D eigenvalue weighted by molar-refractivity contribution is 0.0696. The molecule has 1 aromatic heterocycles. The fraction of sp³-hybridized carbons (Fsp3) is 0. The number of hydrogen-bond acceptors (Lipinski definition) is 5. The standard InChI is InChI=1S/C12H8BrN3O4/c13-7-2-1-6(12(18)19)5-9(7)20-10-4-3-8(11(14)17)15-16-10/h1-5H,(H2,14,17)(H,18,19). The Kier molecular flexibility index (Phi) is 3.94. The number of rotatable bonds is 4. The second kappa shape index (κ2) is 5.66. The highest BCUT2D eigenvalue weighted by molar-refractivity contribution is 9.10. The van der Waals surface area contributed by atoms with Crippen LogP contribution >= 0.6 is 15.9 Å². The van der Waals surface area contributed by atoms with E-state index in [4.69, 9.17) is 15.6 Å². The van der Waals surface area contributed by atoms with Crippen LogP contribution in [0.15, 0.2) is 34.8 Å². The fourth-order valence-electron chi connectivity index (χ4n) is 1.33. The lowest BCUT2D eigenvalue weighted by Crippen LogP contribution is -2.13. The van der Waals surface area contributed by atoms with Gasteiger partial charge in [-0.25, -0.2) is 4.79 Å². The number of carbonyl (C=O) groups is 2. The van der Waals surface area contributed by atoms with Crippen molar-refractivity contribution in [3.05, 3.63) is 46.1 Å². The van der Waals surface area contributed by atoms with Gasteiger partial charge in [-0.2, -0.15) is 0 Å². The number of aromatic nitrogens is 2. The molecular formula is C12H8BrN3O4. The summed E-state index contributed by atoms with van der Waals surface area (Å²) in [5.41, 5.74) is 5.12. The number of aromatic carboxylic acids is 1. The molecular weight excluding hydrogens is 330 g/mol.